The van der Waals surface area contributed by atoms with E-state index in [-0.39, 0.29) is 4.90 Å². The van der Waals surface area contributed by atoms with E-state index in [1.807, 2.05) is 0 Å². The minimum absolute atomic E-state index is 0.373. The van der Waals surface area contributed by atoms with Gasteiger partial charge in [0.05, 0.1) is 6.07 Å². The first-order valence-electron chi connectivity index (χ1n) is 6.59. The molecule has 0 saturated heterocycles. The standard InChI is InChI=1S/C14H17FN2O2S/c1-17(14(11-16)9-5-2-6-10-14)20(18,19)13-8-4-3-7-12(13)15/h3-4,7-8H,2,5-6,9-10H2,1H3. The van der Waals surface area contributed by atoms with Gasteiger partial charge in [0.2, 0.25) is 10.0 Å². The van der Waals surface area contributed by atoms with Crippen molar-refractivity contribution in [1.29, 1.82) is 5.26 Å². The third-order valence-corrected chi connectivity index (χ3v) is 5.92. The Morgan fingerprint density at radius 1 is 1.25 bits per heavy atom. The fraction of sp³-hybridized carbons (Fsp3) is 0.500. The third kappa shape index (κ3) is 2.43. The summed E-state index contributed by atoms with van der Waals surface area (Å²) in [4.78, 5) is -0.373. The predicted octanol–water partition coefficient (Wildman–Crippen LogP) is 2.67. The molecule has 0 amide bonds. The van der Waals surface area contributed by atoms with Gasteiger partial charge in [-0.3, -0.25) is 0 Å². The van der Waals surface area contributed by atoms with Crippen LogP contribution in [0.4, 0.5) is 4.39 Å². The molecule has 108 valence electrons. The molecular weight excluding hydrogens is 279 g/mol. The van der Waals surface area contributed by atoms with E-state index >= 15 is 0 Å². The van der Waals surface area contributed by atoms with E-state index in [0.29, 0.717) is 12.8 Å². The number of nitrogens with zero attached hydrogens (tertiary/aromatic N) is 2. The van der Waals surface area contributed by atoms with Crippen LogP contribution in [0.1, 0.15) is 32.1 Å². The van der Waals surface area contributed by atoms with Crippen LogP contribution < -0.4 is 0 Å². The minimum atomic E-state index is -4.00. The van der Waals surface area contributed by atoms with Crippen molar-refractivity contribution in [1.82, 2.24) is 4.31 Å². The highest BCUT2D eigenvalue weighted by Gasteiger charge is 2.43. The Morgan fingerprint density at radius 3 is 2.40 bits per heavy atom. The molecule has 0 unspecified atom stereocenters. The number of benzene rings is 1. The van der Waals surface area contributed by atoms with Crippen LogP contribution in [0.2, 0.25) is 0 Å². The monoisotopic (exact) mass is 296 g/mol. The van der Waals surface area contributed by atoms with Gasteiger partial charge in [-0.25, -0.2) is 12.8 Å². The first kappa shape index (κ1) is 14.9. The Balaban J connectivity index is 2.44. The molecule has 0 aromatic heterocycles. The summed E-state index contributed by atoms with van der Waals surface area (Å²) < 4.78 is 39.9. The number of nitriles is 1. The Morgan fingerprint density at radius 2 is 1.85 bits per heavy atom. The summed E-state index contributed by atoms with van der Waals surface area (Å²) in [7, 11) is -2.63. The zero-order valence-corrected chi connectivity index (χ0v) is 12.2. The van der Waals surface area contributed by atoms with Crippen LogP contribution in [-0.4, -0.2) is 25.3 Å². The fourth-order valence-electron chi connectivity index (χ4n) is 2.67. The van der Waals surface area contributed by atoms with Crippen molar-refractivity contribution in [2.24, 2.45) is 0 Å². The molecule has 2 rings (SSSR count). The average molecular weight is 296 g/mol. The molecule has 0 N–H and O–H groups in total. The lowest BCUT2D eigenvalue weighted by atomic mass is 9.83. The molecule has 1 aliphatic carbocycles. The molecule has 4 nitrogen and oxygen atoms in total. The van der Waals surface area contributed by atoms with Crippen LogP contribution in [0.25, 0.3) is 0 Å². The molecule has 0 aliphatic heterocycles. The molecule has 0 radical (unpaired) electrons. The van der Waals surface area contributed by atoms with Gasteiger partial charge in [0.15, 0.2) is 0 Å². The molecule has 1 fully saturated rings. The third-order valence-electron chi connectivity index (χ3n) is 3.97. The SMILES string of the molecule is CN(C1(C#N)CCCCC1)S(=O)(=O)c1ccccc1F. The van der Waals surface area contributed by atoms with E-state index < -0.39 is 21.4 Å². The molecule has 1 aromatic rings. The van der Waals surface area contributed by atoms with Crippen molar-refractivity contribution >= 4 is 10.0 Å². The van der Waals surface area contributed by atoms with Crippen molar-refractivity contribution in [3.63, 3.8) is 0 Å². The molecule has 1 aliphatic rings. The number of rotatable bonds is 3. The van der Waals surface area contributed by atoms with Gasteiger partial charge in [-0.1, -0.05) is 31.4 Å². The maximum atomic E-state index is 13.8. The molecule has 20 heavy (non-hydrogen) atoms. The Labute approximate surface area is 118 Å². The summed E-state index contributed by atoms with van der Waals surface area (Å²) in [5.41, 5.74) is -1.06. The van der Waals surface area contributed by atoms with Crippen molar-refractivity contribution in [3.8, 4) is 6.07 Å². The summed E-state index contributed by atoms with van der Waals surface area (Å²) in [5.74, 6) is -0.789. The summed E-state index contributed by atoms with van der Waals surface area (Å²) in [6, 6.07) is 7.40. The van der Waals surface area contributed by atoms with Crippen molar-refractivity contribution in [2.45, 2.75) is 42.5 Å². The second-order valence-corrected chi connectivity index (χ2v) is 7.04. The molecular formula is C14H17FN2O2S. The van der Waals surface area contributed by atoms with Gasteiger partial charge in [-0.2, -0.15) is 9.57 Å². The van der Waals surface area contributed by atoms with E-state index in [1.165, 1.54) is 25.2 Å². The Bertz CT molecular complexity index is 631. The molecule has 0 heterocycles. The van der Waals surface area contributed by atoms with Gasteiger partial charge < -0.3 is 0 Å². The predicted molar refractivity (Wildman–Crippen MR) is 72.8 cm³/mol. The first-order chi connectivity index (χ1) is 9.44. The van der Waals surface area contributed by atoms with E-state index in [1.54, 1.807) is 0 Å². The van der Waals surface area contributed by atoms with Crippen LogP contribution in [0, 0.1) is 17.1 Å². The second kappa shape index (κ2) is 5.51. The molecule has 0 spiro atoms. The van der Waals surface area contributed by atoms with Gasteiger partial charge in [0.1, 0.15) is 16.3 Å². The quantitative estimate of drug-likeness (QED) is 0.861. The topological polar surface area (TPSA) is 61.2 Å². The smallest absolute Gasteiger partial charge is 0.207 e. The summed E-state index contributed by atoms with van der Waals surface area (Å²) >= 11 is 0. The molecule has 0 atom stereocenters. The zero-order valence-electron chi connectivity index (χ0n) is 11.3. The maximum absolute atomic E-state index is 13.8. The number of halogens is 1. The van der Waals surface area contributed by atoms with Gasteiger partial charge in [-0.05, 0) is 25.0 Å². The normalized spacial score (nSPS) is 18.7. The lowest BCUT2D eigenvalue weighted by Crippen LogP contribution is -2.49. The Kier molecular flexibility index (Phi) is 4.11. The lowest BCUT2D eigenvalue weighted by molar-refractivity contribution is 0.212. The summed E-state index contributed by atoms with van der Waals surface area (Å²) in [5, 5.41) is 9.44. The summed E-state index contributed by atoms with van der Waals surface area (Å²) in [6.45, 7) is 0. The number of hydrogen-bond donors (Lipinski definition) is 0. The van der Waals surface area contributed by atoms with Gasteiger partial charge in [0.25, 0.3) is 0 Å². The van der Waals surface area contributed by atoms with Crippen LogP contribution in [-0.2, 0) is 10.0 Å². The van der Waals surface area contributed by atoms with Crippen molar-refractivity contribution < 1.29 is 12.8 Å². The maximum Gasteiger partial charge on any atom is 0.247 e. The highest BCUT2D eigenvalue weighted by atomic mass is 32.2. The number of sulfonamides is 1. The minimum Gasteiger partial charge on any atom is -0.207 e. The van der Waals surface area contributed by atoms with Crippen molar-refractivity contribution in [3.05, 3.63) is 30.1 Å². The highest BCUT2D eigenvalue weighted by Crippen LogP contribution is 2.36. The fourth-order valence-corrected chi connectivity index (χ4v) is 4.21. The largest absolute Gasteiger partial charge is 0.247 e. The average Bonchev–Trinajstić information content (AvgIpc) is 2.47. The van der Waals surface area contributed by atoms with Gasteiger partial charge >= 0.3 is 0 Å². The molecule has 1 aromatic carbocycles. The van der Waals surface area contributed by atoms with Crippen LogP contribution in [0.15, 0.2) is 29.2 Å². The van der Waals surface area contributed by atoms with Crippen LogP contribution in [0.5, 0.6) is 0 Å². The van der Waals surface area contributed by atoms with Gasteiger partial charge in [-0.15, -0.1) is 0 Å². The van der Waals surface area contributed by atoms with Crippen LogP contribution >= 0.6 is 0 Å². The van der Waals surface area contributed by atoms with E-state index in [9.17, 15) is 18.1 Å². The molecule has 0 bridgehead atoms. The second-order valence-electron chi connectivity index (χ2n) is 5.11. The lowest BCUT2D eigenvalue weighted by Gasteiger charge is -2.38. The highest BCUT2D eigenvalue weighted by molar-refractivity contribution is 7.89. The zero-order chi connectivity index (χ0) is 14.8. The molecule has 6 heteroatoms. The van der Waals surface area contributed by atoms with Gasteiger partial charge in [0, 0.05) is 7.05 Å². The van der Waals surface area contributed by atoms with E-state index in [4.69, 9.17) is 0 Å². The van der Waals surface area contributed by atoms with E-state index in [0.717, 1.165) is 29.6 Å². The van der Waals surface area contributed by atoms with Crippen LogP contribution in [0.3, 0.4) is 0 Å². The van der Waals surface area contributed by atoms with Crippen molar-refractivity contribution in [2.75, 3.05) is 7.05 Å². The summed E-state index contributed by atoms with van der Waals surface area (Å²) in [6.07, 6.45) is 3.60. The first-order valence-corrected chi connectivity index (χ1v) is 8.03. The Hall–Kier alpha value is -1.45. The molecule has 1 saturated carbocycles. The van der Waals surface area contributed by atoms with E-state index in [2.05, 4.69) is 6.07 Å². The number of hydrogen-bond acceptors (Lipinski definition) is 3.